The molecule has 2 saturated carbocycles. The van der Waals surface area contributed by atoms with Crippen LogP contribution in [0.4, 0.5) is 0 Å². The van der Waals surface area contributed by atoms with Crippen molar-refractivity contribution in [2.24, 2.45) is 28.8 Å². The minimum absolute atomic E-state index is 0.0563. The van der Waals surface area contributed by atoms with Gasteiger partial charge in [-0.15, -0.1) is 0 Å². The van der Waals surface area contributed by atoms with Gasteiger partial charge in [0, 0.05) is 11.8 Å². The lowest BCUT2D eigenvalue weighted by Gasteiger charge is -2.34. The second-order valence-corrected chi connectivity index (χ2v) is 7.63. The third-order valence-electron chi connectivity index (χ3n) is 5.99. The molecule has 0 aromatic heterocycles. The minimum atomic E-state index is -0.902. The third kappa shape index (κ3) is 5.55. The molecule has 0 radical (unpaired) electrons. The van der Waals surface area contributed by atoms with E-state index in [4.69, 9.17) is 9.94 Å². The summed E-state index contributed by atoms with van der Waals surface area (Å²) >= 11 is 0. The Bertz CT molecular complexity index is 514. The van der Waals surface area contributed by atoms with Crippen LogP contribution in [0.15, 0.2) is 17.3 Å². The summed E-state index contributed by atoms with van der Waals surface area (Å²) in [7, 11) is 0. The summed E-state index contributed by atoms with van der Waals surface area (Å²) in [6.45, 7) is 4.45. The molecule has 26 heavy (non-hydrogen) atoms. The first kappa shape index (κ1) is 20.9. The Morgan fingerprint density at radius 1 is 1.35 bits per heavy atom. The quantitative estimate of drug-likeness (QED) is 0.296. The second-order valence-electron chi connectivity index (χ2n) is 7.63. The number of carboxylic acid groups (broad SMARTS) is 1. The van der Waals surface area contributed by atoms with E-state index in [1.165, 1.54) is 0 Å². The minimum Gasteiger partial charge on any atom is -0.481 e. The molecule has 2 fully saturated rings. The SMILES string of the molecule is CCC(CC)CCC(O)C=CC1C(O)C[C@@H]2C(=NOCCC(=O)O)C[C@@H]12. The zero-order valence-electron chi connectivity index (χ0n) is 15.9. The first-order valence-electron chi connectivity index (χ1n) is 9.91. The van der Waals surface area contributed by atoms with Gasteiger partial charge in [-0.05, 0) is 37.5 Å². The number of oxime groups is 1. The van der Waals surface area contributed by atoms with Gasteiger partial charge in [-0.25, -0.2) is 0 Å². The lowest BCUT2D eigenvalue weighted by molar-refractivity contribution is -0.138. The highest BCUT2D eigenvalue weighted by molar-refractivity contribution is 5.93. The predicted octanol–water partition coefficient (Wildman–Crippen LogP) is 2.98. The molecule has 2 aliphatic carbocycles. The fourth-order valence-electron chi connectivity index (χ4n) is 4.13. The summed E-state index contributed by atoms with van der Waals surface area (Å²) in [5, 5.41) is 33.1. The van der Waals surface area contributed by atoms with E-state index >= 15 is 0 Å². The van der Waals surface area contributed by atoms with Crippen LogP contribution in [0.5, 0.6) is 0 Å². The Kier molecular flexibility index (Phi) is 8.10. The van der Waals surface area contributed by atoms with E-state index in [-0.39, 0.29) is 24.9 Å². The van der Waals surface area contributed by atoms with Crippen LogP contribution in [0.25, 0.3) is 0 Å². The van der Waals surface area contributed by atoms with E-state index in [1.807, 2.05) is 12.2 Å². The van der Waals surface area contributed by atoms with Crippen LogP contribution >= 0.6 is 0 Å². The molecule has 148 valence electrons. The normalized spacial score (nSPS) is 30.6. The highest BCUT2D eigenvalue weighted by Gasteiger charge is 2.51. The van der Waals surface area contributed by atoms with Gasteiger partial charge in [-0.3, -0.25) is 4.79 Å². The number of carboxylic acids is 1. The highest BCUT2D eigenvalue weighted by Crippen LogP contribution is 2.49. The maximum Gasteiger partial charge on any atom is 0.306 e. The van der Waals surface area contributed by atoms with Gasteiger partial charge in [0.25, 0.3) is 0 Å². The van der Waals surface area contributed by atoms with Crippen LogP contribution in [-0.2, 0) is 9.63 Å². The molecule has 3 N–H and O–H groups in total. The number of carbonyl (C=O) groups is 1. The molecule has 0 aliphatic heterocycles. The Morgan fingerprint density at radius 3 is 2.73 bits per heavy atom. The molecule has 3 unspecified atom stereocenters. The first-order valence-corrected chi connectivity index (χ1v) is 9.91. The average molecular weight is 367 g/mol. The Hall–Kier alpha value is -1.40. The molecule has 6 nitrogen and oxygen atoms in total. The van der Waals surface area contributed by atoms with Crippen LogP contribution < -0.4 is 0 Å². The predicted molar refractivity (Wildman–Crippen MR) is 99.8 cm³/mol. The highest BCUT2D eigenvalue weighted by atomic mass is 16.6. The zero-order valence-corrected chi connectivity index (χ0v) is 15.9. The Balaban J connectivity index is 1.78. The lowest BCUT2D eigenvalue weighted by atomic mass is 9.71. The van der Waals surface area contributed by atoms with Crippen molar-refractivity contribution in [3.8, 4) is 0 Å². The number of nitrogens with zero attached hydrogens (tertiary/aromatic N) is 1. The van der Waals surface area contributed by atoms with Gasteiger partial charge in [0.2, 0.25) is 0 Å². The summed E-state index contributed by atoms with van der Waals surface area (Å²) in [6.07, 6.45) is 8.42. The molecular formula is C20H33NO5. The van der Waals surface area contributed by atoms with E-state index in [9.17, 15) is 15.0 Å². The molecular weight excluding hydrogens is 334 g/mol. The van der Waals surface area contributed by atoms with Gasteiger partial charge in [0.15, 0.2) is 0 Å². The van der Waals surface area contributed by atoms with E-state index in [2.05, 4.69) is 19.0 Å². The fraction of sp³-hybridized carbons (Fsp3) is 0.800. The number of aliphatic hydroxyl groups is 2. The molecule has 0 spiro atoms. The average Bonchev–Trinajstić information content (AvgIpc) is 2.84. The van der Waals surface area contributed by atoms with Gasteiger partial charge in [0.05, 0.1) is 24.3 Å². The standard InChI is InChI=1S/C20H33NO5/c1-3-13(4-2)5-6-14(22)7-8-15-16-11-18(17(16)12-19(15)23)21-26-10-9-20(24)25/h7-8,13-17,19,22-23H,3-6,9-12H2,1-2H3,(H,24,25)/t14?,15?,16-,17-,19?/m0/s1. The van der Waals surface area contributed by atoms with E-state index in [1.54, 1.807) is 0 Å². The van der Waals surface area contributed by atoms with Gasteiger partial charge in [0.1, 0.15) is 6.61 Å². The van der Waals surface area contributed by atoms with E-state index < -0.39 is 18.2 Å². The largest absolute Gasteiger partial charge is 0.481 e. The van der Waals surface area contributed by atoms with Crippen LogP contribution in [0, 0.1) is 23.7 Å². The van der Waals surface area contributed by atoms with Crippen molar-refractivity contribution in [1.29, 1.82) is 0 Å². The summed E-state index contributed by atoms with van der Waals surface area (Å²) in [5.41, 5.74) is 0.921. The fourth-order valence-corrected chi connectivity index (χ4v) is 4.13. The molecule has 2 rings (SSSR count). The molecule has 2 aliphatic rings. The monoisotopic (exact) mass is 367 g/mol. The smallest absolute Gasteiger partial charge is 0.306 e. The molecule has 0 bridgehead atoms. The van der Waals surface area contributed by atoms with Crippen molar-refractivity contribution in [2.45, 2.75) is 71.0 Å². The third-order valence-corrected chi connectivity index (χ3v) is 5.99. The van der Waals surface area contributed by atoms with Gasteiger partial charge >= 0.3 is 5.97 Å². The summed E-state index contributed by atoms with van der Waals surface area (Å²) in [6, 6.07) is 0. The number of aliphatic carboxylic acids is 1. The van der Waals surface area contributed by atoms with E-state index in [0.717, 1.165) is 37.8 Å². The summed E-state index contributed by atoms with van der Waals surface area (Å²) < 4.78 is 0. The molecule has 0 saturated heterocycles. The van der Waals surface area contributed by atoms with Gasteiger partial charge < -0.3 is 20.2 Å². The number of rotatable bonds is 11. The van der Waals surface area contributed by atoms with Crippen molar-refractivity contribution in [3.05, 3.63) is 12.2 Å². The van der Waals surface area contributed by atoms with Crippen molar-refractivity contribution in [2.75, 3.05) is 6.61 Å². The summed E-state index contributed by atoms with van der Waals surface area (Å²) in [4.78, 5) is 15.5. The Labute approximate surface area is 155 Å². The lowest BCUT2D eigenvalue weighted by Crippen LogP contribution is -2.36. The van der Waals surface area contributed by atoms with Crippen LogP contribution in [0.2, 0.25) is 0 Å². The second kappa shape index (κ2) is 10.1. The van der Waals surface area contributed by atoms with Gasteiger partial charge in [-0.2, -0.15) is 0 Å². The molecule has 0 aromatic rings. The van der Waals surface area contributed by atoms with E-state index in [0.29, 0.717) is 18.3 Å². The molecule has 0 aromatic carbocycles. The number of aliphatic hydroxyl groups excluding tert-OH is 2. The van der Waals surface area contributed by atoms with Crippen molar-refractivity contribution in [1.82, 2.24) is 0 Å². The number of hydrogen-bond donors (Lipinski definition) is 3. The van der Waals surface area contributed by atoms with Crippen molar-refractivity contribution in [3.63, 3.8) is 0 Å². The molecule has 5 atom stereocenters. The topological polar surface area (TPSA) is 99.4 Å². The van der Waals surface area contributed by atoms with Crippen LogP contribution in [0.3, 0.4) is 0 Å². The van der Waals surface area contributed by atoms with Gasteiger partial charge in [-0.1, -0.05) is 44.0 Å². The molecule has 0 amide bonds. The van der Waals surface area contributed by atoms with Crippen molar-refractivity contribution >= 4 is 11.7 Å². The maximum absolute atomic E-state index is 10.5. The maximum atomic E-state index is 10.5. The first-order chi connectivity index (χ1) is 12.5. The Morgan fingerprint density at radius 2 is 2.08 bits per heavy atom. The molecule has 0 heterocycles. The zero-order chi connectivity index (χ0) is 19.1. The number of fused-ring (bicyclic) bond motifs is 1. The molecule has 6 heteroatoms. The summed E-state index contributed by atoms with van der Waals surface area (Å²) in [5.74, 6) is 0.383. The van der Waals surface area contributed by atoms with Crippen LogP contribution in [0.1, 0.15) is 58.8 Å². The van der Waals surface area contributed by atoms with Crippen molar-refractivity contribution < 1.29 is 25.0 Å². The van der Waals surface area contributed by atoms with Crippen LogP contribution in [-0.4, -0.2) is 45.8 Å². The number of hydrogen-bond acceptors (Lipinski definition) is 5.